The minimum atomic E-state index is -3.51. The topological polar surface area (TPSA) is 157 Å². The van der Waals surface area contributed by atoms with Gasteiger partial charge in [-0.15, -0.1) is 0 Å². The largest absolute Gasteiger partial charge is 0.304 e. The van der Waals surface area contributed by atoms with E-state index in [1.54, 1.807) is 6.07 Å². The molecule has 0 aliphatic rings. The highest BCUT2D eigenvalue weighted by Crippen LogP contribution is 1.99. The normalized spacial score (nSPS) is 10.7. The summed E-state index contributed by atoms with van der Waals surface area (Å²) in [4.78, 5) is 8.55. The number of carbonyl (C=O) groups excluding carboxylic acids is 1. The van der Waals surface area contributed by atoms with Gasteiger partial charge in [-0.1, -0.05) is 6.08 Å². The SMILES string of the molecule is CC=C(C#N)S(=O)(=O)NC.CC=O.CNS(=O)(=O)CC#N. The van der Waals surface area contributed by atoms with Crippen molar-refractivity contribution in [2.24, 2.45) is 0 Å². The van der Waals surface area contributed by atoms with Crippen molar-refractivity contribution in [1.29, 1.82) is 10.5 Å². The van der Waals surface area contributed by atoms with E-state index in [9.17, 15) is 16.8 Å². The smallest absolute Gasteiger partial charge is 0.250 e. The number of hydrogen-bond acceptors (Lipinski definition) is 7. The quantitative estimate of drug-likeness (QED) is 0.503. The Hall–Kier alpha value is -1.79. The Kier molecular flexibility index (Phi) is 15.2. The minimum absolute atomic E-state index is 0.255. The number of carbonyl (C=O) groups is 1. The number of sulfonamides is 2. The second-order valence-corrected chi connectivity index (χ2v) is 6.61. The van der Waals surface area contributed by atoms with Gasteiger partial charge in [-0.25, -0.2) is 26.3 Å². The molecular formula is C10H18N4O5S2. The van der Waals surface area contributed by atoms with Crippen molar-refractivity contribution in [2.75, 3.05) is 19.8 Å². The third-order valence-electron chi connectivity index (χ3n) is 1.50. The van der Waals surface area contributed by atoms with Crippen molar-refractivity contribution in [3.63, 3.8) is 0 Å². The van der Waals surface area contributed by atoms with E-state index < -0.39 is 25.8 Å². The lowest BCUT2D eigenvalue weighted by molar-refractivity contribution is -0.106. The number of nitriles is 2. The van der Waals surface area contributed by atoms with Gasteiger partial charge in [-0.05, 0) is 27.9 Å². The predicted molar refractivity (Wildman–Crippen MR) is 77.5 cm³/mol. The van der Waals surface area contributed by atoms with Gasteiger partial charge in [0.15, 0.2) is 10.7 Å². The van der Waals surface area contributed by atoms with E-state index in [2.05, 4.69) is 0 Å². The maximum atomic E-state index is 10.8. The van der Waals surface area contributed by atoms with Crippen LogP contribution in [0, 0.1) is 22.7 Å². The van der Waals surface area contributed by atoms with Crippen LogP contribution in [-0.2, 0) is 24.8 Å². The van der Waals surface area contributed by atoms with Gasteiger partial charge in [0.2, 0.25) is 20.0 Å². The summed E-state index contributed by atoms with van der Waals surface area (Å²) < 4.78 is 46.1. The molecule has 120 valence electrons. The molecule has 0 aromatic rings. The van der Waals surface area contributed by atoms with E-state index in [1.807, 2.05) is 9.44 Å². The highest BCUT2D eigenvalue weighted by molar-refractivity contribution is 7.93. The van der Waals surface area contributed by atoms with Crippen LogP contribution >= 0.6 is 0 Å². The van der Waals surface area contributed by atoms with Crippen LogP contribution in [0.2, 0.25) is 0 Å². The second-order valence-electron chi connectivity index (χ2n) is 2.83. The molecular weight excluding hydrogens is 320 g/mol. The highest BCUT2D eigenvalue weighted by atomic mass is 32.2. The first kappa shape index (κ1) is 24.2. The van der Waals surface area contributed by atoms with E-state index in [0.717, 1.165) is 6.29 Å². The lowest BCUT2D eigenvalue weighted by Crippen LogP contribution is -2.20. The van der Waals surface area contributed by atoms with Gasteiger partial charge < -0.3 is 4.79 Å². The van der Waals surface area contributed by atoms with Crippen LogP contribution < -0.4 is 9.44 Å². The summed E-state index contributed by atoms with van der Waals surface area (Å²) in [6, 6.07) is 3.06. The van der Waals surface area contributed by atoms with Gasteiger partial charge in [-0.2, -0.15) is 10.5 Å². The maximum Gasteiger partial charge on any atom is 0.250 e. The molecule has 0 aromatic carbocycles. The van der Waals surface area contributed by atoms with Gasteiger partial charge in [-0.3, -0.25) is 0 Å². The molecule has 0 amide bonds. The average Bonchev–Trinajstić information content (AvgIpc) is 2.41. The van der Waals surface area contributed by atoms with Crippen molar-refractivity contribution in [3.05, 3.63) is 11.0 Å². The molecule has 2 N–H and O–H groups in total. The van der Waals surface area contributed by atoms with Gasteiger partial charge in [0.25, 0.3) is 0 Å². The van der Waals surface area contributed by atoms with E-state index in [0.29, 0.717) is 0 Å². The second kappa shape index (κ2) is 13.2. The molecule has 0 aliphatic carbocycles. The fourth-order valence-corrected chi connectivity index (χ4v) is 1.51. The number of nitrogens with zero attached hydrogens (tertiary/aromatic N) is 2. The molecule has 0 unspecified atom stereocenters. The van der Waals surface area contributed by atoms with Crippen LogP contribution in [0.25, 0.3) is 0 Å². The van der Waals surface area contributed by atoms with Gasteiger partial charge in [0.1, 0.15) is 12.4 Å². The Morgan fingerprint density at radius 2 is 1.52 bits per heavy atom. The van der Waals surface area contributed by atoms with Gasteiger partial charge in [0.05, 0.1) is 6.07 Å². The minimum Gasteiger partial charge on any atom is -0.304 e. The number of allylic oxidation sites excluding steroid dienone is 2. The summed E-state index contributed by atoms with van der Waals surface area (Å²) in [6.45, 7) is 2.94. The molecule has 0 bridgehead atoms. The van der Waals surface area contributed by atoms with E-state index >= 15 is 0 Å². The standard InChI is InChI=1S/C5H8N2O2S.C3H6N2O2S.C2H4O/c1-3-5(4-6)10(8,9)7-2;1-5-8(6,7)3-2-4;1-2-3/h3,7H,1-2H3;5H,3H2,1H3;2H,1H3. The van der Waals surface area contributed by atoms with Crippen molar-refractivity contribution in [3.8, 4) is 12.1 Å². The summed E-state index contributed by atoms with van der Waals surface area (Å²) in [5.41, 5.74) is 0. The Labute approximate surface area is 125 Å². The molecule has 0 heterocycles. The fourth-order valence-electron chi connectivity index (χ4n) is 0.547. The summed E-state index contributed by atoms with van der Waals surface area (Å²) in [7, 11) is -4.26. The zero-order valence-electron chi connectivity index (χ0n) is 12.1. The first-order valence-electron chi connectivity index (χ1n) is 5.30. The average molecular weight is 338 g/mol. The van der Waals surface area contributed by atoms with Crippen molar-refractivity contribution in [2.45, 2.75) is 13.8 Å². The lowest BCUT2D eigenvalue weighted by Gasteiger charge is -1.96. The Bertz CT molecular complexity index is 609. The summed E-state index contributed by atoms with van der Waals surface area (Å²) in [5, 5.41) is 16.1. The van der Waals surface area contributed by atoms with Crippen LogP contribution in [0.3, 0.4) is 0 Å². The maximum absolute atomic E-state index is 10.8. The predicted octanol–water partition coefficient (Wildman–Crippen LogP) is -0.773. The fraction of sp³-hybridized carbons (Fsp3) is 0.500. The number of hydrogen-bond donors (Lipinski definition) is 2. The van der Waals surface area contributed by atoms with Crippen LogP contribution in [0.1, 0.15) is 13.8 Å². The molecule has 11 heteroatoms. The molecule has 0 atom stereocenters. The molecule has 0 saturated carbocycles. The molecule has 0 rings (SSSR count). The zero-order chi connectivity index (χ0) is 17.5. The number of rotatable bonds is 4. The summed E-state index contributed by atoms with van der Waals surface area (Å²) in [6.07, 6.45) is 1.99. The van der Waals surface area contributed by atoms with Crippen molar-refractivity contribution >= 4 is 26.3 Å². The van der Waals surface area contributed by atoms with Gasteiger partial charge >= 0.3 is 0 Å². The Balaban J connectivity index is -0.000000264. The third kappa shape index (κ3) is 14.4. The lowest BCUT2D eigenvalue weighted by atomic mass is 10.6. The molecule has 0 spiro atoms. The van der Waals surface area contributed by atoms with Gasteiger partial charge in [0, 0.05) is 0 Å². The van der Waals surface area contributed by atoms with Crippen LogP contribution in [0.15, 0.2) is 11.0 Å². The molecule has 0 aromatic heterocycles. The van der Waals surface area contributed by atoms with E-state index in [1.165, 1.54) is 40.1 Å². The zero-order valence-corrected chi connectivity index (χ0v) is 13.7. The number of nitrogens with one attached hydrogen (secondary N) is 2. The molecule has 0 saturated heterocycles. The highest BCUT2D eigenvalue weighted by Gasteiger charge is 2.12. The first-order valence-corrected chi connectivity index (χ1v) is 8.43. The molecule has 9 nitrogen and oxygen atoms in total. The number of aldehydes is 1. The molecule has 0 radical (unpaired) electrons. The Morgan fingerprint density at radius 1 is 1.10 bits per heavy atom. The molecule has 0 aliphatic heterocycles. The van der Waals surface area contributed by atoms with Crippen LogP contribution in [0.4, 0.5) is 0 Å². The third-order valence-corrected chi connectivity index (χ3v) is 4.07. The molecule has 0 fully saturated rings. The summed E-state index contributed by atoms with van der Waals surface area (Å²) >= 11 is 0. The van der Waals surface area contributed by atoms with E-state index in [-0.39, 0.29) is 4.91 Å². The summed E-state index contributed by atoms with van der Waals surface area (Å²) in [5.74, 6) is -0.469. The van der Waals surface area contributed by atoms with E-state index in [4.69, 9.17) is 15.3 Å². The van der Waals surface area contributed by atoms with Crippen LogP contribution in [-0.4, -0.2) is 43.0 Å². The first-order chi connectivity index (χ1) is 9.62. The van der Waals surface area contributed by atoms with Crippen molar-refractivity contribution < 1.29 is 21.6 Å². The Morgan fingerprint density at radius 3 is 1.62 bits per heavy atom. The monoisotopic (exact) mass is 338 g/mol. The van der Waals surface area contributed by atoms with Crippen LogP contribution in [0.5, 0.6) is 0 Å². The molecule has 21 heavy (non-hydrogen) atoms. The van der Waals surface area contributed by atoms with Crippen molar-refractivity contribution in [1.82, 2.24) is 9.44 Å².